The van der Waals surface area contributed by atoms with Crippen molar-refractivity contribution < 1.29 is 0 Å². The van der Waals surface area contributed by atoms with Gasteiger partial charge in [0.2, 0.25) is 0 Å². The zero-order valence-electron chi connectivity index (χ0n) is 12.1. The Balaban J connectivity index is 0.00000324. The molecule has 0 spiro atoms. The van der Waals surface area contributed by atoms with Gasteiger partial charge in [0.25, 0.3) is 0 Å². The van der Waals surface area contributed by atoms with Gasteiger partial charge in [-0.25, -0.2) is 4.98 Å². The van der Waals surface area contributed by atoms with Gasteiger partial charge >= 0.3 is 0 Å². The van der Waals surface area contributed by atoms with Gasteiger partial charge < -0.3 is 10.6 Å². The van der Waals surface area contributed by atoms with Crippen LogP contribution in [0.5, 0.6) is 0 Å². The van der Waals surface area contributed by atoms with E-state index in [4.69, 9.17) is 0 Å². The first-order chi connectivity index (χ1) is 8.48. The monoisotopic (exact) mass is 414 g/mol. The zero-order valence-corrected chi connectivity index (χ0v) is 16.1. The van der Waals surface area contributed by atoms with Crippen molar-refractivity contribution in [2.45, 2.75) is 32.1 Å². The predicted octanol–water partition coefficient (Wildman–Crippen LogP) is 2.88. The van der Waals surface area contributed by atoms with E-state index in [1.807, 2.05) is 24.2 Å². The maximum atomic E-state index is 4.23. The van der Waals surface area contributed by atoms with Crippen molar-refractivity contribution in [3.63, 3.8) is 0 Å². The maximum absolute atomic E-state index is 4.23. The third-order valence-corrected chi connectivity index (χ3v) is 4.90. The quantitative estimate of drug-likeness (QED) is 0.442. The van der Waals surface area contributed by atoms with E-state index in [0.29, 0.717) is 0 Å². The summed E-state index contributed by atoms with van der Waals surface area (Å²) in [5.41, 5.74) is 2.96. The second-order valence-corrected chi connectivity index (χ2v) is 7.06. The number of rotatable bonds is 5. The Kier molecular flexibility index (Phi) is 9.01. The Morgan fingerprint density at radius 3 is 2.63 bits per heavy atom. The fourth-order valence-electron chi connectivity index (χ4n) is 1.25. The summed E-state index contributed by atoms with van der Waals surface area (Å²) in [7, 11) is 1.79. The summed E-state index contributed by atoms with van der Waals surface area (Å²) in [5.74, 6) is 0.838. The molecule has 0 fully saturated rings. The second-order valence-electron chi connectivity index (χ2n) is 4.60. The van der Waals surface area contributed by atoms with Gasteiger partial charge in [-0.15, -0.1) is 35.3 Å². The lowest BCUT2D eigenvalue weighted by Crippen LogP contribution is -2.42. The Labute approximate surface area is 141 Å². The van der Waals surface area contributed by atoms with Crippen LogP contribution in [-0.4, -0.2) is 35.5 Å². The molecule has 0 aromatic carbocycles. The molecule has 0 saturated carbocycles. The van der Waals surface area contributed by atoms with Crippen LogP contribution in [0, 0.1) is 6.92 Å². The molecule has 0 amide bonds. The van der Waals surface area contributed by atoms with Crippen LogP contribution in [0.3, 0.4) is 0 Å². The van der Waals surface area contributed by atoms with Crippen molar-refractivity contribution in [3.05, 3.63) is 16.1 Å². The third-order valence-electron chi connectivity index (χ3n) is 2.72. The van der Waals surface area contributed by atoms with Crippen LogP contribution in [0.2, 0.25) is 0 Å². The molecule has 0 aliphatic heterocycles. The maximum Gasteiger partial charge on any atom is 0.191 e. The molecule has 0 atom stereocenters. The number of nitrogens with one attached hydrogen (secondary N) is 2. The Morgan fingerprint density at radius 1 is 1.47 bits per heavy atom. The molecule has 4 nitrogen and oxygen atoms in total. The minimum Gasteiger partial charge on any atom is -0.355 e. The molecule has 1 aromatic rings. The number of aryl methyl sites for hydroxylation is 1. The molecule has 0 unspecified atom stereocenters. The van der Waals surface area contributed by atoms with Crippen molar-refractivity contribution in [2.24, 2.45) is 4.99 Å². The summed E-state index contributed by atoms with van der Waals surface area (Å²) in [6.07, 6.45) is 2.12. The summed E-state index contributed by atoms with van der Waals surface area (Å²) in [6, 6.07) is 0. The minimum atomic E-state index is 0. The molecular formula is C12H23IN4S2. The fourth-order valence-corrected chi connectivity index (χ4v) is 2.18. The molecule has 0 radical (unpaired) electrons. The van der Waals surface area contributed by atoms with E-state index in [1.165, 1.54) is 4.88 Å². The Morgan fingerprint density at radius 2 is 2.16 bits per heavy atom. The van der Waals surface area contributed by atoms with Gasteiger partial charge in [0.1, 0.15) is 0 Å². The average molecular weight is 414 g/mol. The highest BCUT2D eigenvalue weighted by atomic mass is 127. The summed E-state index contributed by atoms with van der Waals surface area (Å²) in [4.78, 5) is 9.71. The summed E-state index contributed by atoms with van der Waals surface area (Å²) in [5, 5.41) is 6.65. The summed E-state index contributed by atoms with van der Waals surface area (Å²) >= 11 is 3.51. The van der Waals surface area contributed by atoms with Crippen molar-refractivity contribution in [2.75, 3.05) is 19.8 Å². The van der Waals surface area contributed by atoms with Crippen LogP contribution >= 0.6 is 47.1 Å². The van der Waals surface area contributed by atoms with Crippen LogP contribution in [-0.2, 0) is 6.54 Å². The minimum absolute atomic E-state index is 0. The Bertz CT molecular complexity index is 404. The van der Waals surface area contributed by atoms with Gasteiger partial charge in [0.05, 0.1) is 17.7 Å². The normalized spacial score (nSPS) is 11.9. The number of nitrogens with zero attached hydrogens (tertiary/aromatic N) is 2. The van der Waals surface area contributed by atoms with Crippen LogP contribution in [0.25, 0.3) is 0 Å². The highest BCUT2D eigenvalue weighted by Crippen LogP contribution is 2.19. The molecule has 0 saturated heterocycles. The van der Waals surface area contributed by atoms with Crippen LogP contribution < -0.4 is 10.6 Å². The molecule has 0 aliphatic rings. The number of halogens is 1. The summed E-state index contributed by atoms with van der Waals surface area (Å²) < 4.78 is 0.206. The lowest BCUT2D eigenvalue weighted by molar-refractivity contribution is 0.664. The summed E-state index contributed by atoms with van der Waals surface area (Å²) in [6.45, 7) is 8.11. The smallest absolute Gasteiger partial charge is 0.191 e. The van der Waals surface area contributed by atoms with Crippen LogP contribution in [0.1, 0.15) is 24.4 Å². The number of aliphatic imine (C=N–C) groups is 1. The molecule has 1 heterocycles. The molecule has 1 aromatic heterocycles. The van der Waals surface area contributed by atoms with Gasteiger partial charge in [0.15, 0.2) is 5.96 Å². The second kappa shape index (κ2) is 9.02. The van der Waals surface area contributed by atoms with Gasteiger partial charge in [-0.2, -0.15) is 11.8 Å². The van der Waals surface area contributed by atoms with E-state index in [0.717, 1.165) is 24.7 Å². The standard InChI is InChI=1S/C12H22N4S2.HI/c1-9-10(18-8-16-9)6-14-11(13-4)15-7-12(2,3)17-5;/h8H,6-7H2,1-5H3,(H2,13,14,15);1H. The van der Waals surface area contributed by atoms with E-state index < -0.39 is 0 Å². The van der Waals surface area contributed by atoms with E-state index in [1.54, 1.807) is 18.4 Å². The van der Waals surface area contributed by atoms with Gasteiger partial charge in [0, 0.05) is 23.2 Å². The van der Waals surface area contributed by atoms with Crippen molar-refractivity contribution in [1.82, 2.24) is 15.6 Å². The van der Waals surface area contributed by atoms with E-state index in [9.17, 15) is 0 Å². The number of aromatic nitrogens is 1. The van der Waals surface area contributed by atoms with E-state index in [2.05, 4.69) is 40.7 Å². The topological polar surface area (TPSA) is 49.3 Å². The van der Waals surface area contributed by atoms with Crippen molar-refractivity contribution in [3.8, 4) is 0 Å². The first-order valence-electron chi connectivity index (χ1n) is 5.87. The van der Waals surface area contributed by atoms with E-state index in [-0.39, 0.29) is 28.7 Å². The molecule has 0 aliphatic carbocycles. The Hall–Kier alpha value is -0.0200. The third kappa shape index (κ3) is 6.80. The fraction of sp³-hybridized carbons (Fsp3) is 0.667. The SMILES string of the molecule is CN=C(NCc1scnc1C)NCC(C)(C)SC.I. The van der Waals surface area contributed by atoms with Gasteiger partial charge in [-0.1, -0.05) is 0 Å². The van der Waals surface area contributed by atoms with Crippen LogP contribution in [0.15, 0.2) is 10.5 Å². The average Bonchev–Trinajstić information content (AvgIpc) is 2.75. The van der Waals surface area contributed by atoms with Crippen molar-refractivity contribution >= 4 is 53.0 Å². The predicted molar refractivity (Wildman–Crippen MR) is 98.1 cm³/mol. The number of hydrogen-bond acceptors (Lipinski definition) is 4. The molecule has 19 heavy (non-hydrogen) atoms. The highest BCUT2D eigenvalue weighted by molar-refractivity contribution is 14.0. The van der Waals surface area contributed by atoms with Crippen LogP contribution in [0.4, 0.5) is 0 Å². The molecular weight excluding hydrogens is 391 g/mol. The number of guanidine groups is 1. The number of hydrogen-bond donors (Lipinski definition) is 2. The zero-order chi connectivity index (χ0) is 13.6. The molecule has 0 bridgehead atoms. The lowest BCUT2D eigenvalue weighted by Gasteiger charge is -2.23. The first-order valence-corrected chi connectivity index (χ1v) is 7.97. The number of thioether (sulfide) groups is 1. The van der Waals surface area contributed by atoms with Crippen molar-refractivity contribution in [1.29, 1.82) is 0 Å². The molecule has 110 valence electrons. The number of thiazole rings is 1. The first kappa shape index (κ1) is 19.0. The largest absolute Gasteiger partial charge is 0.355 e. The molecule has 2 N–H and O–H groups in total. The molecule has 1 rings (SSSR count). The van der Waals surface area contributed by atoms with E-state index >= 15 is 0 Å². The highest BCUT2D eigenvalue weighted by Gasteiger charge is 2.16. The van der Waals surface area contributed by atoms with Gasteiger partial charge in [-0.05, 0) is 27.0 Å². The lowest BCUT2D eigenvalue weighted by atomic mass is 10.2. The molecule has 7 heteroatoms. The van der Waals surface area contributed by atoms with Gasteiger partial charge in [-0.3, -0.25) is 4.99 Å².